The Morgan fingerprint density at radius 1 is 0.955 bits per heavy atom. The minimum absolute atomic E-state index is 0.0371. The second-order valence-electron chi connectivity index (χ2n) is 5.62. The summed E-state index contributed by atoms with van der Waals surface area (Å²) in [6.07, 6.45) is 25.5. The van der Waals surface area contributed by atoms with E-state index in [4.69, 9.17) is 4.74 Å². The van der Waals surface area contributed by atoms with Crippen molar-refractivity contribution >= 4 is 5.97 Å². The first-order valence-corrected chi connectivity index (χ1v) is 8.62. The van der Waals surface area contributed by atoms with E-state index < -0.39 is 0 Å². The van der Waals surface area contributed by atoms with Gasteiger partial charge in [0.15, 0.2) is 0 Å². The minimum Gasteiger partial charge on any atom is -0.462 e. The topological polar surface area (TPSA) is 26.3 Å². The summed E-state index contributed by atoms with van der Waals surface area (Å²) in [7, 11) is 0. The maximum absolute atomic E-state index is 11.9. The van der Waals surface area contributed by atoms with Gasteiger partial charge in [-0.25, -0.2) is 0 Å². The SMILES string of the molecule is CCCC1C/C=C\C/C=C\C/C=C\C/C=C\CCCC(=O)O1. The standard InChI is InChI=1S/C20H30O2/c1-2-16-19-17-14-12-10-8-6-4-3-5-7-9-11-13-15-18-20(21)22-19/h3,5-6,8-9,11-12,14,19H,2,4,7,10,13,15-18H2,1H3/b5-3-,8-6-,11-9-,14-12-. The van der Waals surface area contributed by atoms with Crippen LogP contribution in [0.25, 0.3) is 0 Å². The van der Waals surface area contributed by atoms with Gasteiger partial charge in [-0.15, -0.1) is 0 Å². The van der Waals surface area contributed by atoms with Crippen LogP contribution in [0.3, 0.4) is 0 Å². The smallest absolute Gasteiger partial charge is 0.306 e. The zero-order chi connectivity index (χ0) is 15.9. The van der Waals surface area contributed by atoms with Crippen molar-refractivity contribution in [2.75, 3.05) is 0 Å². The number of allylic oxidation sites excluding steroid dienone is 7. The van der Waals surface area contributed by atoms with Crippen LogP contribution in [0, 0.1) is 0 Å². The second kappa shape index (κ2) is 13.1. The lowest BCUT2D eigenvalue weighted by Gasteiger charge is -2.15. The van der Waals surface area contributed by atoms with Crippen LogP contribution in [0.2, 0.25) is 0 Å². The maximum atomic E-state index is 11.9. The van der Waals surface area contributed by atoms with E-state index in [1.807, 2.05) is 0 Å². The van der Waals surface area contributed by atoms with Gasteiger partial charge in [0.1, 0.15) is 6.10 Å². The predicted octanol–water partition coefficient (Wildman–Crippen LogP) is 5.67. The van der Waals surface area contributed by atoms with Crippen LogP contribution in [-0.4, -0.2) is 12.1 Å². The van der Waals surface area contributed by atoms with Crippen LogP contribution >= 0.6 is 0 Å². The van der Waals surface area contributed by atoms with Gasteiger partial charge in [0, 0.05) is 12.8 Å². The van der Waals surface area contributed by atoms with Crippen molar-refractivity contribution < 1.29 is 9.53 Å². The molecule has 0 aromatic heterocycles. The minimum atomic E-state index is -0.0545. The summed E-state index contributed by atoms with van der Waals surface area (Å²) in [6, 6.07) is 0. The molecular formula is C20H30O2. The van der Waals surface area contributed by atoms with Crippen LogP contribution < -0.4 is 0 Å². The molecule has 0 N–H and O–H groups in total. The highest BCUT2D eigenvalue weighted by Crippen LogP contribution is 2.11. The molecule has 22 heavy (non-hydrogen) atoms. The third kappa shape index (κ3) is 10.2. The largest absolute Gasteiger partial charge is 0.462 e. The van der Waals surface area contributed by atoms with Crippen LogP contribution in [0.4, 0.5) is 0 Å². The average Bonchev–Trinajstić information content (AvgIpc) is 2.50. The molecule has 0 aromatic rings. The molecule has 1 unspecified atom stereocenters. The fourth-order valence-corrected chi connectivity index (χ4v) is 2.33. The first-order valence-electron chi connectivity index (χ1n) is 8.62. The summed E-state index contributed by atoms with van der Waals surface area (Å²) < 4.78 is 5.59. The lowest BCUT2D eigenvalue weighted by atomic mass is 10.1. The van der Waals surface area contributed by atoms with Gasteiger partial charge in [0.2, 0.25) is 0 Å². The van der Waals surface area contributed by atoms with Crippen LogP contribution in [0.15, 0.2) is 48.6 Å². The van der Waals surface area contributed by atoms with Gasteiger partial charge in [-0.1, -0.05) is 62.0 Å². The highest BCUT2D eigenvalue weighted by Gasteiger charge is 2.11. The van der Waals surface area contributed by atoms with Gasteiger partial charge in [0.25, 0.3) is 0 Å². The van der Waals surface area contributed by atoms with E-state index in [9.17, 15) is 4.79 Å². The van der Waals surface area contributed by atoms with Gasteiger partial charge < -0.3 is 4.74 Å². The summed E-state index contributed by atoms with van der Waals surface area (Å²) in [5.41, 5.74) is 0. The summed E-state index contributed by atoms with van der Waals surface area (Å²) >= 11 is 0. The molecule has 0 bridgehead atoms. The molecule has 0 saturated carbocycles. The van der Waals surface area contributed by atoms with E-state index in [1.165, 1.54) is 0 Å². The number of carbonyl (C=O) groups excluding carboxylic acids is 1. The summed E-state index contributed by atoms with van der Waals surface area (Å²) in [5, 5.41) is 0. The molecule has 1 atom stereocenters. The number of esters is 1. The van der Waals surface area contributed by atoms with E-state index in [-0.39, 0.29) is 12.1 Å². The lowest BCUT2D eigenvalue weighted by molar-refractivity contribution is -0.149. The Bertz CT molecular complexity index is 402. The van der Waals surface area contributed by atoms with Crippen LogP contribution in [0.5, 0.6) is 0 Å². The Morgan fingerprint density at radius 3 is 2.18 bits per heavy atom. The predicted molar refractivity (Wildman–Crippen MR) is 93.7 cm³/mol. The Balaban J connectivity index is 2.53. The van der Waals surface area contributed by atoms with Crippen molar-refractivity contribution in [3.8, 4) is 0 Å². The van der Waals surface area contributed by atoms with Crippen molar-refractivity contribution in [2.45, 2.75) is 70.8 Å². The molecule has 0 spiro atoms. The third-order valence-electron chi connectivity index (χ3n) is 3.54. The van der Waals surface area contributed by atoms with Gasteiger partial charge in [0.05, 0.1) is 0 Å². The normalized spacial score (nSPS) is 27.9. The molecule has 1 aliphatic heterocycles. The zero-order valence-electron chi connectivity index (χ0n) is 13.9. The van der Waals surface area contributed by atoms with Crippen molar-refractivity contribution in [3.05, 3.63) is 48.6 Å². The number of hydrogen-bond donors (Lipinski definition) is 0. The molecule has 0 fully saturated rings. The lowest BCUT2D eigenvalue weighted by Crippen LogP contribution is -2.17. The van der Waals surface area contributed by atoms with E-state index in [0.717, 1.165) is 51.4 Å². The number of rotatable bonds is 2. The van der Waals surface area contributed by atoms with Crippen LogP contribution in [-0.2, 0) is 9.53 Å². The molecule has 1 rings (SSSR count). The number of ether oxygens (including phenoxy) is 1. The maximum Gasteiger partial charge on any atom is 0.306 e. The Morgan fingerprint density at radius 2 is 1.55 bits per heavy atom. The summed E-state index contributed by atoms with van der Waals surface area (Å²) in [5.74, 6) is -0.0545. The Labute approximate surface area is 135 Å². The van der Waals surface area contributed by atoms with E-state index in [0.29, 0.717) is 6.42 Å². The molecule has 122 valence electrons. The molecule has 1 aliphatic rings. The quantitative estimate of drug-likeness (QED) is 0.485. The molecule has 0 radical (unpaired) electrons. The van der Waals surface area contributed by atoms with E-state index in [2.05, 4.69) is 55.5 Å². The van der Waals surface area contributed by atoms with Gasteiger partial charge in [-0.2, -0.15) is 0 Å². The highest BCUT2D eigenvalue weighted by atomic mass is 16.5. The first-order chi connectivity index (χ1) is 10.8. The fourth-order valence-electron chi connectivity index (χ4n) is 2.33. The van der Waals surface area contributed by atoms with Gasteiger partial charge >= 0.3 is 5.97 Å². The molecule has 0 amide bonds. The van der Waals surface area contributed by atoms with Crippen molar-refractivity contribution in [1.82, 2.24) is 0 Å². The third-order valence-corrected chi connectivity index (χ3v) is 3.54. The summed E-state index contributed by atoms with van der Waals surface area (Å²) in [6.45, 7) is 2.13. The molecule has 2 nitrogen and oxygen atoms in total. The van der Waals surface area contributed by atoms with E-state index >= 15 is 0 Å². The van der Waals surface area contributed by atoms with Crippen LogP contribution in [0.1, 0.15) is 64.7 Å². The number of hydrogen-bond acceptors (Lipinski definition) is 2. The summed E-state index contributed by atoms with van der Waals surface area (Å²) in [4.78, 5) is 11.9. The number of carbonyl (C=O) groups is 1. The van der Waals surface area contributed by atoms with Crippen molar-refractivity contribution in [1.29, 1.82) is 0 Å². The zero-order valence-corrected chi connectivity index (χ0v) is 13.9. The second-order valence-corrected chi connectivity index (χ2v) is 5.62. The van der Waals surface area contributed by atoms with E-state index in [1.54, 1.807) is 0 Å². The molecule has 0 saturated heterocycles. The molecule has 0 aliphatic carbocycles. The fraction of sp³-hybridized carbons (Fsp3) is 0.550. The Kier molecular flexibility index (Phi) is 11.0. The van der Waals surface area contributed by atoms with Crippen molar-refractivity contribution in [2.24, 2.45) is 0 Å². The van der Waals surface area contributed by atoms with Gasteiger partial charge in [-0.05, 0) is 38.5 Å². The Hall–Kier alpha value is -1.57. The molecule has 2 heteroatoms. The van der Waals surface area contributed by atoms with Gasteiger partial charge in [-0.3, -0.25) is 4.79 Å². The number of cyclic esters (lactones) is 1. The average molecular weight is 302 g/mol. The molecular weight excluding hydrogens is 272 g/mol. The van der Waals surface area contributed by atoms with Crippen molar-refractivity contribution in [3.63, 3.8) is 0 Å². The first kappa shape index (κ1) is 18.5. The monoisotopic (exact) mass is 302 g/mol. The molecule has 0 aromatic carbocycles. The molecule has 1 heterocycles. The highest BCUT2D eigenvalue weighted by molar-refractivity contribution is 5.69.